The predicted octanol–water partition coefficient (Wildman–Crippen LogP) is 4.08. The second-order valence-electron chi connectivity index (χ2n) is 8.80. The highest BCUT2D eigenvalue weighted by atomic mass is 16.6. The first kappa shape index (κ1) is 25.7. The Morgan fingerprint density at radius 3 is 2.38 bits per heavy atom. The van der Waals surface area contributed by atoms with Crippen LogP contribution in [0.25, 0.3) is 0 Å². The molecule has 1 saturated carbocycles. The molecule has 10 heteroatoms. The Morgan fingerprint density at radius 1 is 1.05 bits per heavy atom. The number of methoxy groups -OCH3 is 2. The number of furan rings is 1. The number of hydrogen-bond acceptors (Lipinski definition) is 7. The Balaban J connectivity index is 1.49. The van der Waals surface area contributed by atoms with E-state index in [4.69, 9.17) is 13.9 Å². The molecule has 0 N–H and O–H groups in total. The average molecular weight is 508 g/mol. The Morgan fingerprint density at radius 2 is 1.78 bits per heavy atom. The van der Waals surface area contributed by atoms with Gasteiger partial charge in [-0.15, -0.1) is 0 Å². The Bertz CT molecular complexity index is 1240. The Kier molecular flexibility index (Phi) is 8.07. The summed E-state index contributed by atoms with van der Waals surface area (Å²) in [4.78, 5) is 40.4. The number of hydrogen-bond donors (Lipinski definition) is 0. The minimum Gasteiger partial charge on any atom is -0.493 e. The predicted molar refractivity (Wildman–Crippen MR) is 135 cm³/mol. The molecule has 1 aromatic heterocycles. The summed E-state index contributed by atoms with van der Waals surface area (Å²) in [6, 6.07) is 14.6. The van der Waals surface area contributed by atoms with Crippen molar-refractivity contribution in [1.29, 1.82) is 0 Å². The lowest BCUT2D eigenvalue weighted by Gasteiger charge is -2.27. The van der Waals surface area contributed by atoms with E-state index >= 15 is 0 Å². The lowest BCUT2D eigenvalue weighted by molar-refractivity contribution is -0.384. The molecule has 0 saturated heterocycles. The number of ether oxygens (including phenoxy) is 2. The summed E-state index contributed by atoms with van der Waals surface area (Å²) in [5.74, 6) is 1.35. The van der Waals surface area contributed by atoms with E-state index in [-0.39, 0.29) is 36.6 Å². The van der Waals surface area contributed by atoms with E-state index in [2.05, 4.69) is 0 Å². The molecule has 0 aliphatic heterocycles. The molecular formula is C27H29N3O7. The van der Waals surface area contributed by atoms with E-state index in [9.17, 15) is 19.7 Å². The number of carbonyl (C=O) groups is 2. The Labute approximate surface area is 214 Å². The summed E-state index contributed by atoms with van der Waals surface area (Å²) < 4.78 is 16.2. The third-order valence-corrected chi connectivity index (χ3v) is 6.28. The number of nitro groups is 1. The zero-order chi connectivity index (χ0) is 26.4. The number of nitro benzene ring substituents is 1. The molecule has 2 aromatic carbocycles. The standard InChI is InChI=1S/C27H29N3O7/c1-35-24-12-5-19(16-25(24)36-2)13-14-28(17-23-4-3-15-37-23)26(31)18-29(21-10-11-21)27(32)20-6-8-22(9-7-20)30(33)34/h3-9,12,15-16,21H,10-11,13-14,17-18H2,1-2H3. The van der Waals surface area contributed by atoms with Crippen molar-refractivity contribution in [3.63, 3.8) is 0 Å². The quantitative estimate of drug-likeness (QED) is 0.268. The van der Waals surface area contributed by atoms with Gasteiger partial charge in [-0.2, -0.15) is 0 Å². The van der Waals surface area contributed by atoms with Crippen molar-refractivity contribution < 1.29 is 28.4 Å². The van der Waals surface area contributed by atoms with Crippen LogP contribution in [0.2, 0.25) is 0 Å². The largest absolute Gasteiger partial charge is 0.493 e. The van der Waals surface area contributed by atoms with Crippen LogP contribution in [0.3, 0.4) is 0 Å². The molecule has 0 radical (unpaired) electrons. The normalized spacial score (nSPS) is 12.6. The van der Waals surface area contributed by atoms with Crippen molar-refractivity contribution in [2.24, 2.45) is 0 Å². The maximum atomic E-state index is 13.5. The summed E-state index contributed by atoms with van der Waals surface area (Å²) in [6.07, 6.45) is 3.75. The van der Waals surface area contributed by atoms with Crippen LogP contribution in [-0.4, -0.2) is 59.9 Å². The van der Waals surface area contributed by atoms with E-state index in [1.807, 2.05) is 18.2 Å². The van der Waals surface area contributed by atoms with Crippen LogP contribution in [0.5, 0.6) is 11.5 Å². The third-order valence-electron chi connectivity index (χ3n) is 6.28. The van der Waals surface area contributed by atoms with Gasteiger partial charge in [-0.1, -0.05) is 6.07 Å². The lowest BCUT2D eigenvalue weighted by Crippen LogP contribution is -2.44. The molecule has 37 heavy (non-hydrogen) atoms. The van der Waals surface area contributed by atoms with Crippen LogP contribution in [0.15, 0.2) is 65.3 Å². The first-order valence-corrected chi connectivity index (χ1v) is 12.0. The van der Waals surface area contributed by atoms with Crippen LogP contribution in [0.1, 0.15) is 34.5 Å². The molecule has 1 heterocycles. The molecule has 1 aliphatic carbocycles. The second-order valence-corrected chi connectivity index (χ2v) is 8.80. The fourth-order valence-corrected chi connectivity index (χ4v) is 4.07. The summed E-state index contributed by atoms with van der Waals surface area (Å²) in [5, 5.41) is 11.0. The number of benzene rings is 2. The van der Waals surface area contributed by atoms with Crippen molar-refractivity contribution in [3.8, 4) is 11.5 Å². The second kappa shape index (κ2) is 11.6. The van der Waals surface area contributed by atoms with Crippen LogP contribution >= 0.6 is 0 Å². The maximum Gasteiger partial charge on any atom is 0.269 e. The number of non-ortho nitro benzene ring substituents is 1. The molecule has 3 aromatic rings. The third kappa shape index (κ3) is 6.46. The molecule has 194 valence electrons. The van der Waals surface area contributed by atoms with Gasteiger partial charge in [0.1, 0.15) is 12.3 Å². The van der Waals surface area contributed by atoms with E-state index in [0.717, 1.165) is 18.4 Å². The van der Waals surface area contributed by atoms with Crippen LogP contribution in [0.4, 0.5) is 5.69 Å². The molecule has 0 unspecified atom stereocenters. The lowest BCUT2D eigenvalue weighted by atomic mass is 10.1. The highest BCUT2D eigenvalue weighted by molar-refractivity contribution is 5.97. The molecule has 2 amide bonds. The molecule has 0 spiro atoms. The van der Waals surface area contributed by atoms with Gasteiger partial charge in [0.15, 0.2) is 11.5 Å². The topological polar surface area (TPSA) is 115 Å². The monoisotopic (exact) mass is 507 g/mol. The van der Waals surface area contributed by atoms with Gasteiger partial charge in [0.2, 0.25) is 5.91 Å². The highest BCUT2D eigenvalue weighted by Gasteiger charge is 2.35. The Hall–Kier alpha value is -4.34. The minimum atomic E-state index is -0.513. The number of amides is 2. The fraction of sp³-hybridized carbons (Fsp3) is 0.333. The summed E-state index contributed by atoms with van der Waals surface area (Å²) in [7, 11) is 3.15. The number of carbonyl (C=O) groups excluding carboxylic acids is 2. The van der Waals surface area contributed by atoms with Crippen molar-refractivity contribution in [3.05, 3.63) is 87.9 Å². The van der Waals surface area contributed by atoms with E-state index in [0.29, 0.717) is 35.8 Å². The van der Waals surface area contributed by atoms with Gasteiger partial charge >= 0.3 is 0 Å². The van der Waals surface area contributed by atoms with Gasteiger partial charge < -0.3 is 23.7 Å². The summed E-state index contributed by atoms with van der Waals surface area (Å²) in [6.45, 7) is 0.579. The average Bonchev–Trinajstić information content (AvgIpc) is 3.63. The number of nitrogens with zero attached hydrogens (tertiary/aromatic N) is 3. The van der Waals surface area contributed by atoms with Gasteiger partial charge in [0.05, 0.1) is 32.0 Å². The van der Waals surface area contributed by atoms with E-state index in [1.165, 1.54) is 24.3 Å². The smallest absolute Gasteiger partial charge is 0.269 e. The zero-order valence-corrected chi connectivity index (χ0v) is 20.8. The first-order chi connectivity index (χ1) is 17.9. The summed E-state index contributed by atoms with van der Waals surface area (Å²) in [5.41, 5.74) is 1.19. The maximum absolute atomic E-state index is 13.5. The van der Waals surface area contributed by atoms with Crippen molar-refractivity contribution >= 4 is 17.5 Å². The first-order valence-electron chi connectivity index (χ1n) is 12.0. The fourth-order valence-electron chi connectivity index (χ4n) is 4.07. The van der Waals surface area contributed by atoms with Crippen LogP contribution in [-0.2, 0) is 17.8 Å². The highest BCUT2D eigenvalue weighted by Crippen LogP contribution is 2.30. The molecule has 0 atom stereocenters. The molecule has 1 fully saturated rings. The van der Waals surface area contributed by atoms with Crippen LogP contribution < -0.4 is 9.47 Å². The minimum absolute atomic E-state index is 0.0250. The molecule has 10 nitrogen and oxygen atoms in total. The van der Waals surface area contributed by atoms with Crippen LogP contribution in [0, 0.1) is 10.1 Å². The molecule has 4 rings (SSSR count). The van der Waals surface area contributed by atoms with Crippen molar-refractivity contribution in [2.75, 3.05) is 27.3 Å². The SMILES string of the molecule is COc1ccc(CCN(Cc2ccco2)C(=O)CN(C(=O)c2ccc([N+](=O)[O-])cc2)C2CC2)cc1OC. The zero-order valence-electron chi connectivity index (χ0n) is 20.8. The van der Waals surface area contributed by atoms with Gasteiger partial charge in [-0.3, -0.25) is 19.7 Å². The van der Waals surface area contributed by atoms with Gasteiger partial charge in [-0.05, 0) is 61.2 Å². The molecule has 1 aliphatic rings. The van der Waals surface area contributed by atoms with Gasteiger partial charge in [0, 0.05) is 30.3 Å². The van der Waals surface area contributed by atoms with Gasteiger partial charge in [0.25, 0.3) is 11.6 Å². The van der Waals surface area contributed by atoms with E-state index in [1.54, 1.807) is 42.4 Å². The van der Waals surface area contributed by atoms with Crippen molar-refractivity contribution in [2.45, 2.75) is 31.8 Å². The number of rotatable bonds is 12. The summed E-state index contributed by atoms with van der Waals surface area (Å²) >= 11 is 0. The molecular weight excluding hydrogens is 478 g/mol. The molecule has 0 bridgehead atoms. The van der Waals surface area contributed by atoms with E-state index < -0.39 is 4.92 Å². The van der Waals surface area contributed by atoms with Crippen molar-refractivity contribution in [1.82, 2.24) is 9.80 Å². The van der Waals surface area contributed by atoms with Gasteiger partial charge in [-0.25, -0.2) is 0 Å².